The highest BCUT2D eigenvalue weighted by Gasteiger charge is 2.16. The first kappa shape index (κ1) is 11.6. The van der Waals surface area contributed by atoms with Crippen LogP contribution in [0.3, 0.4) is 0 Å². The zero-order valence-corrected chi connectivity index (χ0v) is 11.3. The van der Waals surface area contributed by atoms with Gasteiger partial charge < -0.3 is 5.73 Å². The number of aryl methyl sites for hydroxylation is 1. The Balaban J connectivity index is 2.53. The topological polar surface area (TPSA) is 61.1 Å². The van der Waals surface area contributed by atoms with Crippen LogP contribution in [0, 0.1) is 5.92 Å². The van der Waals surface area contributed by atoms with Crippen LogP contribution in [0.25, 0.3) is 5.78 Å². The van der Waals surface area contributed by atoms with Gasteiger partial charge in [0.05, 0.1) is 5.69 Å². The summed E-state index contributed by atoms with van der Waals surface area (Å²) in [6, 6.07) is 0. The van der Waals surface area contributed by atoms with Crippen molar-refractivity contribution in [1.29, 1.82) is 0 Å². The molecule has 5 nitrogen and oxygen atoms in total. The summed E-state index contributed by atoms with van der Waals surface area (Å²) in [6.07, 6.45) is 0.949. The van der Waals surface area contributed by atoms with E-state index in [-0.39, 0.29) is 0 Å². The molecule has 0 fully saturated rings. The van der Waals surface area contributed by atoms with Gasteiger partial charge in [0.25, 0.3) is 0 Å². The molecule has 0 spiro atoms. The van der Waals surface area contributed by atoms with Crippen molar-refractivity contribution in [2.24, 2.45) is 18.7 Å². The number of nitrogens with zero attached hydrogens (tertiary/aromatic N) is 4. The summed E-state index contributed by atoms with van der Waals surface area (Å²) in [7, 11) is 1.99. The Hall–Kier alpha value is -0.880. The normalized spacial score (nSPS) is 11.9. The third-order valence-corrected chi connectivity index (χ3v) is 3.33. The Kier molecular flexibility index (Phi) is 3.03. The van der Waals surface area contributed by atoms with E-state index in [9.17, 15) is 0 Å². The highest BCUT2D eigenvalue weighted by atomic mass is 79.9. The SMILES string of the molecule is CC(C)Cc1nn2c(Br)c(CN)nc2n1C. The maximum atomic E-state index is 5.60. The molecule has 0 aliphatic rings. The smallest absolute Gasteiger partial charge is 0.233 e. The summed E-state index contributed by atoms with van der Waals surface area (Å²) in [5, 5.41) is 4.54. The van der Waals surface area contributed by atoms with Crippen molar-refractivity contribution >= 4 is 21.7 Å². The molecule has 0 saturated heterocycles. The molecular weight excluding hydrogens is 270 g/mol. The average Bonchev–Trinajstić information content (AvgIpc) is 2.68. The van der Waals surface area contributed by atoms with E-state index >= 15 is 0 Å². The second kappa shape index (κ2) is 4.18. The quantitative estimate of drug-likeness (QED) is 0.929. The van der Waals surface area contributed by atoms with Gasteiger partial charge in [0, 0.05) is 20.0 Å². The van der Waals surface area contributed by atoms with E-state index in [2.05, 4.69) is 39.9 Å². The van der Waals surface area contributed by atoms with Gasteiger partial charge in [0.1, 0.15) is 10.4 Å². The molecule has 0 unspecified atom stereocenters. The first-order valence-corrected chi connectivity index (χ1v) is 6.12. The van der Waals surface area contributed by atoms with Gasteiger partial charge in [0.2, 0.25) is 5.78 Å². The largest absolute Gasteiger partial charge is 0.325 e. The molecule has 0 amide bonds. The maximum Gasteiger partial charge on any atom is 0.233 e. The van der Waals surface area contributed by atoms with Crippen molar-refractivity contribution in [3.8, 4) is 0 Å². The first-order valence-electron chi connectivity index (χ1n) is 5.33. The monoisotopic (exact) mass is 285 g/mol. The Labute approximate surface area is 103 Å². The second-order valence-electron chi connectivity index (χ2n) is 4.34. The standard InChI is InChI=1S/C10H16BrN5/c1-6(2)4-8-14-16-9(11)7(5-12)13-10(16)15(8)3/h6H,4-5,12H2,1-3H3. The highest BCUT2D eigenvalue weighted by molar-refractivity contribution is 9.10. The summed E-state index contributed by atoms with van der Waals surface area (Å²) < 4.78 is 4.68. The van der Waals surface area contributed by atoms with Crippen LogP contribution in [0.15, 0.2) is 4.60 Å². The highest BCUT2D eigenvalue weighted by Crippen LogP contribution is 2.19. The van der Waals surface area contributed by atoms with Gasteiger partial charge in [-0.2, -0.15) is 9.61 Å². The van der Waals surface area contributed by atoms with Crippen molar-refractivity contribution < 1.29 is 0 Å². The number of hydrogen-bond donors (Lipinski definition) is 1. The minimum absolute atomic E-state index is 0.420. The van der Waals surface area contributed by atoms with E-state index in [0.29, 0.717) is 12.5 Å². The van der Waals surface area contributed by atoms with E-state index < -0.39 is 0 Å². The van der Waals surface area contributed by atoms with Crippen LogP contribution in [-0.2, 0) is 20.0 Å². The number of hydrogen-bond acceptors (Lipinski definition) is 3. The molecule has 6 heteroatoms. The van der Waals surface area contributed by atoms with Gasteiger partial charge in [-0.05, 0) is 21.8 Å². The Morgan fingerprint density at radius 3 is 2.62 bits per heavy atom. The second-order valence-corrected chi connectivity index (χ2v) is 5.09. The predicted molar refractivity (Wildman–Crippen MR) is 66.1 cm³/mol. The Morgan fingerprint density at radius 2 is 2.12 bits per heavy atom. The molecule has 2 aromatic rings. The summed E-state index contributed by atoms with van der Waals surface area (Å²) in [5.41, 5.74) is 6.44. The molecule has 0 aromatic carbocycles. The Bertz CT molecular complexity index is 511. The van der Waals surface area contributed by atoms with E-state index in [0.717, 1.165) is 28.3 Å². The molecule has 0 saturated carbocycles. The molecular formula is C10H16BrN5. The maximum absolute atomic E-state index is 5.60. The molecule has 16 heavy (non-hydrogen) atoms. The zero-order valence-electron chi connectivity index (χ0n) is 9.74. The van der Waals surface area contributed by atoms with Crippen molar-refractivity contribution in [2.45, 2.75) is 26.8 Å². The lowest BCUT2D eigenvalue weighted by atomic mass is 10.1. The first-order chi connectivity index (χ1) is 7.54. The molecule has 0 atom stereocenters. The van der Waals surface area contributed by atoms with Crippen molar-refractivity contribution in [3.05, 3.63) is 16.1 Å². The van der Waals surface area contributed by atoms with Crippen LogP contribution in [0.1, 0.15) is 25.4 Å². The number of imidazole rings is 1. The van der Waals surface area contributed by atoms with E-state index in [1.165, 1.54) is 0 Å². The van der Waals surface area contributed by atoms with Crippen molar-refractivity contribution in [2.75, 3.05) is 0 Å². The third-order valence-electron chi connectivity index (χ3n) is 2.54. The summed E-state index contributed by atoms with van der Waals surface area (Å²) in [6.45, 7) is 4.78. The van der Waals surface area contributed by atoms with Crippen LogP contribution in [0.2, 0.25) is 0 Å². The molecule has 0 bridgehead atoms. The predicted octanol–water partition coefficient (Wildman–Crippen LogP) is 1.49. The van der Waals surface area contributed by atoms with Crippen LogP contribution in [0.5, 0.6) is 0 Å². The molecule has 0 aliphatic heterocycles. The number of rotatable bonds is 3. The number of nitrogens with two attached hydrogens (primary N) is 1. The lowest BCUT2D eigenvalue weighted by Crippen LogP contribution is -2.04. The van der Waals surface area contributed by atoms with Gasteiger partial charge >= 0.3 is 0 Å². The molecule has 88 valence electrons. The molecule has 2 N–H and O–H groups in total. The van der Waals surface area contributed by atoms with E-state index in [4.69, 9.17) is 5.73 Å². The molecule has 2 heterocycles. The van der Waals surface area contributed by atoms with E-state index in [1.807, 2.05) is 11.6 Å². The van der Waals surface area contributed by atoms with Crippen LogP contribution in [-0.4, -0.2) is 19.2 Å². The Morgan fingerprint density at radius 1 is 1.44 bits per heavy atom. The fourth-order valence-electron chi connectivity index (χ4n) is 1.70. The van der Waals surface area contributed by atoms with Gasteiger partial charge in [-0.1, -0.05) is 13.8 Å². The van der Waals surface area contributed by atoms with Gasteiger partial charge in [-0.3, -0.25) is 4.57 Å². The minimum Gasteiger partial charge on any atom is -0.325 e. The van der Waals surface area contributed by atoms with Gasteiger partial charge in [-0.25, -0.2) is 4.98 Å². The van der Waals surface area contributed by atoms with Crippen molar-refractivity contribution in [1.82, 2.24) is 19.2 Å². The number of fused-ring (bicyclic) bond motifs is 1. The van der Waals surface area contributed by atoms with Crippen molar-refractivity contribution in [3.63, 3.8) is 0 Å². The fourth-order valence-corrected chi connectivity index (χ4v) is 2.19. The minimum atomic E-state index is 0.420. The molecule has 0 radical (unpaired) electrons. The summed E-state index contributed by atoms with van der Waals surface area (Å²) in [5.74, 6) is 2.46. The lowest BCUT2D eigenvalue weighted by Gasteiger charge is -2.02. The number of aromatic nitrogens is 4. The van der Waals surface area contributed by atoms with Crippen LogP contribution >= 0.6 is 15.9 Å². The zero-order chi connectivity index (χ0) is 11.9. The number of halogens is 1. The van der Waals surface area contributed by atoms with E-state index in [1.54, 1.807) is 4.52 Å². The summed E-state index contributed by atoms with van der Waals surface area (Å²) >= 11 is 3.47. The average molecular weight is 286 g/mol. The lowest BCUT2D eigenvalue weighted by molar-refractivity contribution is 0.599. The fraction of sp³-hybridized carbons (Fsp3) is 0.600. The van der Waals surface area contributed by atoms with Gasteiger partial charge in [0.15, 0.2) is 0 Å². The molecule has 2 aromatic heterocycles. The molecule has 2 rings (SSSR count). The van der Waals surface area contributed by atoms with Gasteiger partial charge in [-0.15, -0.1) is 0 Å². The summed E-state index contributed by atoms with van der Waals surface area (Å²) in [4.78, 5) is 4.45. The van der Waals surface area contributed by atoms with Crippen LogP contribution in [0.4, 0.5) is 0 Å². The molecule has 0 aliphatic carbocycles. The van der Waals surface area contributed by atoms with Crippen LogP contribution < -0.4 is 5.73 Å². The third kappa shape index (κ3) is 1.76.